The Hall–Kier alpha value is 2.01. The Balaban J connectivity index is 0.000001000. The van der Waals surface area contributed by atoms with Gasteiger partial charge < -0.3 is 0 Å². The second-order valence-electron chi connectivity index (χ2n) is 1.72. The molecule has 0 heterocycles. The monoisotopic (exact) mass is 367 g/mol. The van der Waals surface area contributed by atoms with Crippen LogP contribution in [0.25, 0.3) is 0 Å². The first-order valence-corrected chi connectivity index (χ1v) is 5.27. The molecule has 0 nitrogen and oxygen atoms in total. The average Bonchev–Trinajstić information content (AvgIpc) is 1.84. The van der Waals surface area contributed by atoms with Crippen molar-refractivity contribution in [2.45, 2.75) is 4.90 Å². The normalized spacial score (nSPS) is 9.09. The van der Waals surface area contributed by atoms with E-state index in [0.717, 1.165) is 18.3 Å². The zero-order chi connectivity index (χ0) is 7.72. The van der Waals surface area contributed by atoms with E-state index >= 15 is 0 Å². The van der Waals surface area contributed by atoms with Crippen LogP contribution in [0.15, 0.2) is 30.4 Å². The number of hydrogen-bond donors (Lipinski definition) is 1. The van der Waals surface area contributed by atoms with Crippen LogP contribution in [0.3, 0.4) is 0 Å². The molecule has 0 aliphatic carbocycles. The standard InChI is InChI=1S/C6H3Br3S.Na/c7-3-1-5(9)6(10)2-4(3)8;/h1-2,10H;/q;+1. The third kappa shape index (κ3) is 3.71. The Morgan fingerprint density at radius 3 is 1.82 bits per heavy atom. The van der Waals surface area contributed by atoms with E-state index in [1.807, 2.05) is 12.1 Å². The van der Waals surface area contributed by atoms with E-state index < -0.39 is 0 Å². The van der Waals surface area contributed by atoms with Gasteiger partial charge in [-0.15, -0.1) is 12.6 Å². The summed E-state index contributed by atoms with van der Waals surface area (Å²) in [5.41, 5.74) is 0. The zero-order valence-corrected chi connectivity index (χ0v) is 13.4. The first kappa shape index (κ1) is 13.0. The fraction of sp³-hybridized carbons (Fsp3) is 0. The average molecular weight is 370 g/mol. The Morgan fingerprint density at radius 2 is 1.36 bits per heavy atom. The van der Waals surface area contributed by atoms with Crippen LogP contribution in [-0.4, -0.2) is 0 Å². The van der Waals surface area contributed by atoms with E-state index in [4.69, 9.17) is 0 Å². The van der Waals surface area contributed by atoms with Crippen LogP contribution in [0, 0.1) is 0 Å². The third-order valence-electron chi connectivity index (χ3n) is 0.990. The molecule has 1 rings (SSSR count). The first-order valence-electron chi connectivity index (χ1n) is 2.45. The molecule has 54 valence electrons. The molecule has 0 aromatic heterocycles. The Labute approximate surface area is 119 Å². The maximum Gasteiger partial charge on any atom is 1.00 e. The molecule has 0 spiro atoms. The molecule has 0 radical (unpaired) electrons. The number of benzene rings is 1. The molecule has 0 fully saturated rings. The maximum absolute atomic E-state index is 4.22. The summed E-state index contributed by atoms with van der Waals surface area (Å²) < 4.78 is 3.03. The topological polar surface area (TPSA) is 0 Å². The third-order valence-corrected chi connectivity index (χ3v) is 4.17. The van der Waals surface area contributed by atoms with Crippen molar-refractivity contribution < 1.29 is 29.6 Å². The fourth-order valence-electron chi connectivity index (χ4n) is 0.512. The minimum Gasteiger partial charge on any atom is -0.142 e. The Morgan fingerprint density at radius 1 is 0.909 bits per heavy atom. The molecule has 0 unspecified atom stereocenters. The molecule has 11 heavy (non-hydrogen) atoms. The van der Waals surface area contributed by atoms with E-state index in [0.29, 0.717) is 0 Å². The summed E-state index contributed by atoms with van der Waals surface area (Å²) in [6, 6.07) is 3.88. The van der Waals surface area contributed by atoms with Gasteiger partial charge in [-0.2, -0.15) is 0 Å². The van der Waals surface area contributed by atoms with Crippen molar-refractivity contribution >= 4 is 60.4 Å². The number of hydrogen-bond acceptors (Lipinski definition) is 1. The molecule has 0 N–H and O–H groups in total. The number of thiol groups is 1. The van der Waals surface area contributed by atoms with Gasteiger partial charge in [-0.05, 0) is 59.9 Å². The molecule has 1 aromatic rings. The van der Waals surface area contributed by atoms with Gasteiger partial charge in [0.15, 0.2) is 0 Å². The summed E-state index contributed by atoms with van der Waals surface area (Å²) in [5, 5.41) is 0. The predicted octanol–water partition coefficient (Wildman–Crippen LogP) is 1.27. The van der Waals surface area contributed by atoms with Gasteiger partial charge in [-0.25, -0.2) is 0 Å². The minimum absolute atomic E-state index is 0. The quantitative estimate of drug-likeness (QED) is 0.397. The summed E-state index contributed by atoms with van der Waals surface area (Å²) in [4.78, 5) is 0.926. The van der Waals surface area contributed by atoms with Crippen molar-refractivity contribution in [3.8, 4) is 0 Å². The molecule has 0 bridgehead atoms. The molecule has 0 atom stereocenters. The summed E-state index contributed by atoms with van der Waals surface area (Å²) in [5.74, 6) is 0. The van der Waals surface area contributed by atoms with Crippen LogP contribution in [0.4, 0.5) is 0 Å². The van der Waals surface area contributed by atoms with Gasteiger partial charge in [-0.3, -0.25) is 0 Å². The number of halogens is 3. The first-order chi connectivity index (χ1) is 4.61. The molecule has 0 aliphatic rings. The van der Waals surface area contributed by atoms with Gasteiger partial charge in [-0.1, -0.05) is 0 Å². The summed E-state index contributed by atoms with van der Waals surface area (Å²) in [6.45, 7) is 0. The van der Waals surface area contributed by atoms with Crippen LogP contribution in [0.5, 0.6) is 0 Å². The van der Waals surface area contributed by atoms with Crippen LogP contribution >= 0.6 is 60.4 Å². The van der Waals surface area contributed by atoms with Crippen molar-refractivity contribution in [1.29, 1.82) is 0 Å². The Kier molecular flexibility index (Phi) is 6.72. The van der Waals surface area contributed by atoms with Gasteiger partial charge in [0, 0.05) is 18.3 Å². The summed E-state index contributed by atoms with van der Waals surface area (Å²) in [7, 11) is 0. The van der Waals surface area contributed by atoms with E-state index in [2.05, 4.69) is 60.4 Å². The second-order valence-corrected chi connectivity index (χ2v) is 4.76. The van der Waals surface area contributed by atoms with E-state index in [1.165, 1.54) is 0 Å². The molecule has 1 aromatic carbocycles. The van der Waals surface area contributed by atoms with E-state index in [-0.39, 0.29) is 29.6 Å². The minimum atomic E-state index is 0. The van der Waals surface area contributed by atoms with Gasteiger partial charge in [0.1, 0.15) is 0 Å². The molecule has 0 saturated heterocycles. The maximum atomic E-state index is 4.22. The van der Waals surface area contributed by atoms with Crippen molar-refractivity contribution in [3.05, 3.63) is 25.6 Å². The summed E-state index contributed by atoms with van der Waals surface area (Å²) >= 11 is 14.3. The van der Waals surface area contributed by atoms with Crippen molar-refractivity contribution in [3.63, 3.8) is 0 Å². The molecule has 5 heteroatoms. The largest absolute Gasteiger partial charge is 1.00 e. The van der Waals surface area contributed by atoms with Crippen molar-refractivity contribution in [2.24, 2.45) is 0 Å². The van der Waals surface area contributed by atoms with Crippen molar-refractivity contribution in [1.82, 2.24) is 0 Å². The summed E-state index contributed by atoms with van der Waals surface area (Å²) in [6.07, 6.45) is 0. The molecular formula is C6H3Br3NaS+. The van der Waals surface area contributed by atoms with E-state index in [1.54, 1.807) is 0 Å². The number of rotatable bonds is 0. The predicted molar refractivity (Wildman–Crippen MR) is 56.8 cm³/mol. The van der Waals surface area contributed by atoms with Crippen LogP contribution < -0.4 is 29.6 Å². The van der Waals surface area contributed by atoms with Crippen LogP contribution in [0.2, 0.25) is 0 Å². The van der Waals surface area contributed by atoms with Gasteiger partial charge in [0.2, 0.25) is 0 Å². The molecule has 0 saturated carbocycles. The van der Waals surface area contributed by atoms with Gasteiger partial charge >= 0.3 is 29.6 Å². The van der Waals surface area contributed by atoms with E-state index in [9.17, 15) is 0 Å². The zero-order valence-electron chi connectivity index (χ0n) is 5.74. The fourth-order valence-corrected chi connectivity index (χ4v) is 2.22. The van der Waals surface area contributed by atoms with Gasteiger partial charge in [0.25, 0.3) is 0 Å². The molecule has 0 amide bonds. The van der Waals surface area contributed by atoms with Gasteiger partial charge in [0.05, 0.1) is 0 Å². The SMILES string of the molecule is Sc1cc(Br)c(Br)cc1Br.[Na+]. The smallest absolute Gasteiger partial charge is 0.142 e. The Bertz CT molecular complexity index is 214. The second kappa shape index (κ2) is 5.68. The molecular weight excluding hydrogens is 367 g/mol. The molecule has 0 aliphatic heterocycles. The van der Waals surface area contributed by atoms with Crippen LogP contribution in [0.1, 0.15) is 0 Å². The van der Waals surface area contributed by atoms with Crippen LogP contribution in [-0.2, 0) is 0 Å². The van der Waals surface area contributed by atoms with Crippen molar-refractivity contribution in [2.75, 3.05) is 0 Å².